The van der Waals surface area contributed by atoms with Crippen molar-refractivity contribution in [3.63, 3.8) is 0 Å². The van der Waals surface area contributed by atoms with Crippen LogP contribution in [0.25, 0.3) is 0 Å². The Bertz CT molecular complexity index is 842. The van der Waals surface area contributed by atoms with Crippen LogP contribution in [0.15, 0.2) is 24.3 Å². The summed E-state index contributed by atoms with van der Waals surface area (Å²) in [5.74, 6) is 0.0714. The van der Waals surface area contributed by atoms with E-state index in [-0.39, 0.29) is 16.8 Å². The van der Waals surface area contributed by atoms with E-state index in [1.165, 1.54) is 0 Å². The highest BCUT2D eigenvalue weighted by atomic mass is 16.6. The van der Waals surface area contributed by atoms with Crippen LogP contribution in [0.2, 0.25) is 0 Å². The molecule has 0 spiro atoms. The van der Waals surface area contributed by atoms with Crippen LogP contribution >= 0.6 is 0 Å². The Balaban J connectivity index is 2.22. The highest BCUT2D eigenvalue weighted by Gasteiger charge is 2.73. The molecule has 0 heterocycles. The molecule has 28 heavy (non-hydrogen) atoms. The maximum atomic E-state index is 13.9. The van der Waals surface area contributed by atoms with E-state index in [2.05, 4.69) is 26.8 Å². The van der Waals surface area contributed by atoms with E-state index >= 15 is 0 Å². The lowest BCUT2D eigenvalue weighted by Crippen LogP contribution is -2.56. The molecule has 3 atom stereocenters. The molecule has 1 N–H and O–H groups in total. The summed E-state index contributed by atoms with van der Waals surface area (Å²) in [6.45, 7) is 13.5. The lowest BCUT2D eigenvalue weighted by molar-refractivity contribution is -0.193. The molecule has 2 aliphatic carbocycles. The van der Waals surface area contributed by atoms with Crippen LogP contribution in [0.3, 0.4) is 0 Å². The largest absolute Gasteiger partial charge is 0.456 e. The van der Waals surface area contributed by atoms with Crippen LogP contribution in [0.4, 0.5) is 0 Å². The van der Waals surface area contributed by atoms with Gasteiger partial charge in [-0.3, -0.25) is 4.79 Å². The summed E-state index contributed by atoms with van der Waals surface area (Å²) in [6.07, 6.45) is 2.68. The summed E-state index contributed by atoms with van der Waals surface area (Å²) in [5.41, 5.74) is -2.21. The lowest BCUT2D eigenvalue weighted by atomic mass is 9.55. The molecule has 1 aromatic carbocycles. The summed E-state index contributed by atoms with van der Waals surface area (Å²) in [7, 11) is 0. The number of carbonyl (C=O) groups excluding carboxylic acids is 1. The molecule has 3 rings (SSSR count). The second kappa shape index (κ2) is 6.07. The predicted molar refractivity (Wildman–Crippen MR) is 109 cm³/mol. The normalized spacial score (nSPS) is 31.5. The van der Waals surface area contributed by atoms with Gasteiger partial charge in [0.15, 0.2) is 0 Å². The summed E-state index contributed by atoms with van der Waals surface area (Å²) >= 11 is 0. The third kappa shape index (κ3) is 2.48. The lowest BCUT2D eigenvalue weighted by Gasteiger charge is -2.49. The van der Waals surface area contributed by atoms with Crippen LogP contribution in [0.5, 0.6) is 0 Å². The Morgan fingerprint density at radius 2 is 1.82 bits per heavy atom. The molecule has 2 fully saturated rings. The van der Waals surface area contributed by atoms with Gasteiger partial charge in [0.1, 0.15) is 11.0 Å². The number of nitrogens with zero attached hydrogens (tertiary/aromatic N) is 1. The quantitative estimate of drug-likeness (QED) is 0.763. The highest BCUT2D eigenvalue weighted by molar-refractivity contribution is 5.87. The molecular formula is C24H33NO3. The van der Waals surface area contributed by atoms with Gasteiger partial charge in [-0.15, -0.1) is 0 Å². The van der Waals surface area contributed by atoms with Gasteiger partial charge in [0.05, 0.1) is 17.2 Å². The second-order valence-corrected chi connectivity index (χ2v) is 10.5. The first-order valence-corrected chi connectivity index (χ1v) is 10.2. The number of benzene rings is 1. The van der Waals surface area contributed by atoms with Crippen LogP contribution < -0.4 is 0 Å². The minimum Gasteiger partial charge on any atom is -0.456 e. The zero-order valence-corrected chi connectivity index (χ0v) is 18.2. The van der Waals surface area contributed by atoms with Gasteiger partial charge in [-0.05, 0) is 75.3 Å². The third-order valence-electron chi connectivity index (χ3n) is 8.61. The molecule has 2 aliphatic rings. The number of hydrogen-bond acceptors (Lipinski definition) is 4. The molecule has 0 aliphatic heterocycles. The first-order chi connectivity index (χ1) is 12.7. The Kier molecular flexibility index (Phi) is 4.52. The average Bonchev–Trinajstić information content (AvgIpc) is 2.92. The Hall–Kier alpha value is -1.86. The molecule has 2 bridgehead atoms. The van der Waals surface area contributed by atoms with Gasteiger partial charge in [0, 0.05) is 0 Å². The number of fused-ring (bicyclic) bond motifs is 2. The monoisotopic (exact) mass is 383 g/mol. The van der Waals surface area contributed by atoms with E-state index in [4.69, 9.17) is 4.74 Å². The molecule has 3 unspecified atom stereocenters. The maximum absolute atomic E-state index is 13.9. The van der Waals surface area contributed by atoms with Gasteiger partial charge in [-0.25, -0.2) is 0 Å². The van der Waals surface area contributed by atoms with Gasteiger partial charge in [0.2, 0.25) is 0 Å². The Labute approximate surface area is 168 Å². The summed E-state index contributed by atoms with van der Waals surface area (Å²) in [5, 5.41) is 20.3. The van der Waals surface area contributed by atoms with Crippen molar-refractivity contribution < 1.29 is 14.6 Å². The molecule has 152 valence electrons. The van der Waals surface area contributed by atoms with Crippen molar-refractivity contribution >= 4 is 5.97 Å². The van der Waals surface area contributed by atoms with Crippen molar-refractivity contribution in [1.29, 1.82) is 5.26 Å². The molecule has 0 saturated heterocycles. The summed E-state index contributed by atoms with van der Waals surface area (Å²) in [6, 6.07) is 9.73. The van der Waals surface area contributed by atoms with Crippen molar-refractivity contribution in [2.75, 3.05) is 0 Å². The van der Waals surface area contributed by atoms with Crippen LogP contribution in [0.1, 0.15) is 78.9 Å². The van der Waals surface area contributed by atoms with Crippen LogP contribution in [0, 0.1) is 28.1 Å². The number of ether oxygens (including phenoxy) is 1. The van der Waals surface area contributed by atoms with Crippen molar-refractivity contribution in [2.45, 2.75) is 84.3 Å². The maximum Gasteiger partial charge on any atom is 0.317 e. The van der Waals surface area contributed by atoms with E-state index in [1.54, 1.807) is 33.8 Å². The van der Waals surface area contributed by atoms with Gasteiger partial charge in [-0.1, -0.05) is 39.0 Å². The van der Waals surface area contributed by atoms with Crippen molar-refractivity contribution in [3.05, 3.63) is 35.4 Å². The average molecular weight is 384 g/mol. The standard InChI is InChI=1S/C24H33NO3/c1-20(2)17-12-13-23(20,7)24(14-17,18-11-9-8-10-16(18)15-25)19(26)28-22(5,6)21(3,4)27/h8-11,17,27H,12-14H2,1-7H3. The van der Waals surface area contributed by atoms with E-state index in [9.17, 15) is 15.2 Å². The number of hydrogen-bond donors (Lipinski definition) is 1. The number of esters is 1. The van der Waals surface area contributed by atoms with E-state index in [1.807, 2.05) is 18.2 Å². The fourth-order valence-electron chi connectivity index (χ4n) is 5.53. The van der Waals surface area contributed by atoms with Crippen LogP contribution in [-0.2, 0) is 14.9 Å². The van der Waals surface area contributed by atoms with Crippen molar-refractivity contribution in [3.8, 4) is 6.07 Å². The zero-order valence-electron chi connectivity index (χ0n) is 18.2. The first-order valence-electron chi connectivity index (χ1n) is 10.2. The zero-order chi connectivity index (χ0) is 21.2. The third-order valence-corrected chi connectivity index (χ3v) is 8.61. The summed E-state index contributed by atoms with van der Waals surface area (Å²) < 4.78 is 6.06. The molecule has 0 radical (unpaired) electrons. The fourth-order valence-corrected chi connectivity index (χ4v) is 5.53. The van der Waals surface area contributed by atoms with Crippen molar-refractivity contribution in [1.82, 2.24) is 0 Å². The SMILES string of the molecule is CC(C)(O)C(C)(C)OC(=O)C1(c2ccccc2C#N)CC2CCC1(C)C2(C)C. The molecule has 0 amide bonds. The molecular weight excluding hydrogens is 350 g/mol. The molecule has 4 nitrogen and oxygen atoms in total. The fraction of sp³-hybridized carbons (Fsp3) is 0.667. The van der Waals surface area contributed by atoms with Crippen molar-refractivity contribution in [2.24, 2.45) is 16.7 Å². The molecule has 2 saturated carbocycles. The van der Waals surface area contributed by atoms with Gasteiger partial charge >= 0.3 is 5.97 Å². The predicted octanol–water partition coefficient (Wildman–Crippen LogP) is 4.73. The number of rotatable bonds is 4. The minimum atomic E-state index is -1.19. The highest BCUT2D eigenvalue weighted by Crippen LogP contribution is 2.74. The summed E-state index contributed by atoms with van der Waals surface area (Å²) in [4.78, 5) is 13.9. The smallest absolute Gasteiger partial charge is 0.317 e. The Morgan fingerprint density at radius 3 is 2.29 bits per heavy atom. The number of carbonyl (C=O) groups is 1. The number of nitriles is 1. The Morgan fingerprint density at radius 1 is 1.21 bits per heavy atom. The number of aliphatic hydroxyl groups is 1. The second-order valence-electron chi connectivity index (χ2n) is 10.5. The molecule has 4 heteroatoms. The van der Waals surface area contributed by atoms with Gasteiger partial charge in [0.25, 0.3) is 0 Å². The minimum absolute atomic E-state index is 0.0482. The molecule has 1 aromatic rings. The molecule has 0 aromatic heterocycles. The van der Waals surface area contributed by atoms with Gasteiger partial charge < -0.3 is 9.84 Å². The van der Waals surface area contributed by atoms with Gasteiger partial charge in [-0.2, -0.15) is 5.26 Å². The van der Waals surface area contributed by atoms with Crippen LogP contribution in [-0.4, -0.2) is 22.3 Å². The van der Waals surface area contributed by atoms with E-state index < -0.39 is 16.6 Å². The topological polar surface area (TPSA) is 70.3 Å². The first kappa shape index (κ1) is 20.9. The van der Waals surface area contributed by atoms with E-state index in [0.29, 0.717) is 17.9 Å². The van der Waals surface area contributed by atoms with E-state index in [0.717, 1.165) is 18.4 Å².